The van der Waals surface area contributed by atoms with Crippen LogP contribution in [0.25, 0.3) is 11.4 Å². The average molecular weight is 428 g/mol. The minimum atomic E-state index is -0.458. The van der Waals surface area contributed by atoms with Crippen molar-refractivity contribution in [1.82, 2.24) is 20.0 Å². The molecule has 0 bridgehead atoms. The molecule has 1 saturated carbocycles. The Balaban J connectivity index is 1.22. The molecule has 1 amide bonds. The van der Waals surface area contributed by atoms with Gasteiger partial charge in [-0.1, -0.05) is 16.8 Å². The van der Waals surface area contributed by atoms with Crippen LogP contribution >= 0.6 is 11.6 Å². The average Bonchev–Trinajstić information content (AvgIpc) is 3.50. The fourth-order valence-electron chi connectivity index (χ4n) is 3.53. The van der Waals surface area contributed by atoms with Gasteiger partial charge in [-0.05, 0) is 43.2 Å². The Bertz CT molecular complexity index is 1080. The van der Waals surface area contributed by atoms with Crippen molar-refractivity contribution in [3.05, 3.63) is 58.8 Å². The molecule has 1 aliphatic carbocycles. The minimum Gasteiger partial charge on any atom is -0.353 e. The zero-order chi connectivity index (χ0) is 20.7. The van der Waals surface area contributed by atoms with Gasteiger partial charge in [-0.2, -0.15) is 4.98 Å². The molecule has 0 radical (unpaired) electrons. The molecular weight excluding hydrogens is 409 g/mol. The molecule has 3 heterocycles. The normalized spacial score (nSPS) is 16.7. The highest BCUT2D eigenvalue weighted by atomic mass is 35.5. The molecular formula is C21H19ClFN5O2. The van der Waals surface area contributed by atoms with E-state index in [9.17, 15) is 9.18 Å². The van der Waals surface area contributed by atoms with E-state index in [1.807, 2.05) is 12.1 Å². The van der Waals surface area contributed by atoms with Crippen LogP contribution in [0.3, 0.4) is 0 Å². The summed E-state index contributed by atoms with van der Waals surface area (Å²) in [6, 6.07) is 7.70. The van der Waals surface area contributed by atoms with Crippen LogP contribution in [0.15, 0.2) is 41.1 Å². The summed E-state index contributed by atoms with van der Waals surface area (Å²) in [5.41, 5.74) is 1.13. The number of aromatic nitrogens is 3. The van der Waals surface area contributed by atoms with Crippen LogP contribution in [0, 0.1) is 5.82 Å². The highest BCUT2D eigenvalue weighted by Crippen LogP contribution is 2.39. The van der Waals surface area contributed by atoms with Crippen molar-refractivity contribution >= 4 is 23.3 Å². The van der Waals surface area contributed by atoms with E-state index in [1.165, 1.54) is 12.1 Å². The third-order valence-electron chi connectivity index (χ3n) is 5.43. The fraction of sp³-hybridized carbons (Fsp3) is 0.333. The fourth-order valence-corrected chi connectivity index (χ4v) is 3.77. The third-order valence-corrected chi connectivity index (χ3v) is 5.74. The maximum absolute atomic E-state index is 13.2. The van der Waals surface area contributed by atoms with E-state index in [-0.39, 0.29) is 10.9 Å². The summed E-state index contributed by atoms with van der Waals surface area (Å²) in [4.78, 5) is 25.5. The van der Waals surface area contributed by atoms with E-state index >= 15 is 0 Å². The largest absolute Gasteiger partial charge is 0.353 e. The van der Waals surface area contributed by atoms with Crippen molar-refractivity contribution in [2.45, 2.75) is 18.8 Å². The second kappa shape index (κ2) is 7.68. The van der Waals surface area contributed by atoms with Crippen molar-refractivity contribution in [2.75, 3.05) is 31.1 Å². The molecule has 1 saturated heterocycles. The summed E-state index contributed by atoms with van der Waals surface area (Å²) in [5.74, 6) is 1.87. The van der Waals surface area contributed by atoms with Gasteiger partial charge in [0.25, 0.3) is 5.91 Å². The van der Waals surface area contributed by atoms with Crippen molar-refractivity contribution < 1.29 is 13.7 Å². The Hall–Kier alpha value is -3.00. The smallest absolute Gasteiger partial charge is 0.255 e. The molecule has 154 valence electrons. The summed E-state index contributed by atoms with van der Waals surface area (Å²) in [6.07, 6.45) is 3.97. The molecule has 2 aliphatic rings. The van der Waals surface area contributed by atoms with Gasteiger partial charge >= 0.3 is 0 Å². The zero-order valence-electron chi connectivity index (χ0n) is 16.1. The number of nitrogens with zero attached hydrogens (tertiary/aromatic N) is 5. The lowest BCUT2D eigenvalue weighted by Gasteiger charge is -2.35. The number of carbonyl (C=O) groups is 1. The molecule has 0 N–H and O–H groups in total. The topological polar surface area (TPSA) is 75.4 Å². The molecule has 7 nitrogen and oxygen atoms in total. The lowest BCUT2D eigenvalue weighted by atomic mass is 10.1. The Morgan fingerprint density at radius 1 is 1.13 bits per heavy atom. The molecule has 2 aromatic heterocycles. The molecule has 9 heteroatoms. The first-order valence-electron chi connectivity index (χ1n) is 9.88. The Kier molecular flexibility index (Phi) is 4.86. The number of benzene rings is 1. The van der Waals surface area contributed by atoms with E-state index in [4.69, 9.17) is 16.1 Å². The molecule has 0 unspecified atom stereocenters. The van der Waals surface area contributed by atoms with Crippen LogP contribution in [-0.4, -0.2) is 52.1 Å². The third kappa shape index (κ3) is 3.75. The van der Waals surface area contributed by atoms with Crippen molar-refractivity contribution in [3.63, 3.8) is 0 Å². The number of piperazine rings is 1. The van der Waals surface area contributed by atoms with Crippen molar-refractivity contribution in [3.8, 4) is 11.4 Å². The minimum absolute atomic E-state index is 0.131. The maximum Gasteiger partial charge on any atom is 0.255 e. The van der Waals surface area contributed by atoms with Crippen LogP contribution in [0.4, 0.5) is 10.2 Å². The lowest BCUT2D eigenvalue weighted by Crippen LogP contribution is -2.49. The van der Waals surface area contributed by atoms with Gasteiger partial charge in [-0.25, -0.2) is 9.37 Å². The van der Waals surface area contributed by atoms with Gasteiger partial charge in [0.15, 0.2) is 0 Å². The first-order chi connectivity index (χ1) is 14.6. The van der Waals surface area contributed by atoms with Gasteiger partial charge in [0.1, 0.15) is 11.6 Å². The van der Waals surface area contributed by atoms with Crippen molar-refractivity contribution in [2.24, 2.45) is 0 Å². The Morgan fingerprint density at radius 3 is 2.60 bits per heavy atom. The molecule has 0 spiro atoms. The number of pyridine rings is 1. The van der Waals surface area contributed by atoms with Gasteiger partial charge in [0.05, 0.1) is 10.6 Å². The summed E-state index contributed by atoms with van der Waals surface area (Å²) < 4.78 is 18.5. The molecule has 0 atom stereocenters. The number of amides is 1. The second-order valence-corrected chi connectivity index (χ2v) is 7.95. The van der Waals surface area contributed by atoms with Crippen LogP contribution in [0.1, 0.15) is 35.0 Å². The highest BCUT2D eigenvalue weighted by Gasteiger charge is 2.30. The summed E-state index contributed by atoms with van der Waals surface area (Å²) in [7, 11) is 0. The lowest BCUT2D eigenvalue weighted by molar-refractivity contribution is 0.0746. The predicted octanol–water partition coefficient (Wildman–Crippen LogP) is 3.76. The van der Waals surface area contributed by atoms with E-state index in [0.29, 0.717) is 49.4 Å². The van der Waals surface area contributed by atoms with Crippen LogP contribution in [-0.2, 0) is 0 Å². The summed E-state index contributed by atoms with van der Waals surface area (Å²) in [5, 5.41) is 4.17. The standard InChI is InChI=1S/C21H19ClFN5O2/c22-17-11-15(23)4-5-16(17)21(29)28-9-7-27(8-10-28)18-6-3-14(12-24-18)19-25-20(30-26-19)13-1-2-13/h3-6,11-13H,1-2,7-10H2. The van der Waals surface area contributed by atoms with Gasteiger partial charge in [-0.3, -0.25) is 4.79 Å². The number of hydrogen-bond donors (Lipinski definition) is 0. The van der Waals surface area contributed by atoms with E-state index < -0.39 is 5.82 Å². The van der Waals surface area contributed by atoms with Crippen molar-refractivity contribution in [1.29, 1.82) is 0 Å². The SMILES string of the molecule is O=C(c1ccc(F)cc1Cl)N1CCN(c2ccc(-c3noc(C4CC4)n3)cn2)CC1. The first-order valence-corrected chi connectivity index (χ1v) is 10.3. The van der Waals surface area contributed by atoms with E-state index in [0.717, 1.165) is 30.3 Å². The molecule has 3 aromatic rings. The first kappa shape index (κ1) is 19.0. The number of hydrogen-bond acceptors (Lipinski definition) is 6. The molecule has 30 heavy (non-hydrogen) atoms. The number of carbonyl (C=O) groups excluding carboxylic acids is 1. The summed E-state index contributed by atoms with van der Waals surface area (Å²) >= 11 is 6.03. The van der Waals surface area contributed by atoms with Gasteiger partial charge in [0, 0.05) is 43.9 Å². The molecule has 5 rings (SSSR count). The molecule has 2 fully saturated rings. The van der Waals surface area contributed by atoms with E-state index in [1.54, 1.807) is 11.1 Å². The van der Waals surface area contributed by atoms with Gasteiger partial charge in [-0.15, -0.1) is 0 Å². The Labute approximate surface area is 177 Å². The molecule has 1 aliphatic heterocycles. The predicted molar refractivity (Wildman–Crippen MR) is 109 cm³/mol. The van der Waals surface area contributed by atoms with Crippen LogP contribution in [0.5, 0.6) is 0 Å². The van der Waals surface area contributed by atoms with E-state index in [2.05, 4.69) is 20.0 Å². The monoisotopic (exact) mass is 427 g/mol. The van der Waals surface area contributed by atoms with Gasteiger partial charge < -0.3 is 14.3 Å². The number of anilines is 1. The number of rotatable bonds is 4. The molecule has 1 aromatic carbocycles. The number of halogens is 2. The van der Waals surface area contributed by atoms with Crippen LogP contribution < -0.4 is 4.90 Å². The maximum atomic E-state index is 13.2. The second-order valence-electron chi connectivity index (χ2n) is 7.54. The summed E-state index contributed by atoms with van der Waals surface area (Å²) in [6.45, 7) is 2.35. The Morgan fingerprint density at radius 2 is 1.93 bits per heavy atom. The zero-order valence-corrected chi connectivity index (χ0v) is 16.8. The van der Waals surface area contributed by atoms with Crippen LogP contribution in [0.2, 0.25) is 5.02 Å². The van der Waals surface area contributed by atoms with Gasteiger partial charge in [0.2, 0.25) is 11.7 Å². The highest BCUT2D eigenvalue weighted by molar-refractivity contribution is 6.33. The quantitative estimate of drug-likeness (QED) is 0.631.